The summed E-state index contributed by atoms with van der Waals surface area (Å²) in [5.41, 5.74) is 3.84. The van der Waals surface area contributed by atoms with E-state index in [0.29, 0.717) is 43.4 Å². The highest BCUT2D eigenvalue weighted by atomic mass is 16.5. The van der Waals surface area contributed by atoms with Crippen LogP contribution in [0.3, 0.4) is 0 Å². The van der Waals surface area contributed by atoms with Crippen molar-refractivity contribution in [2.24, 2.45) is 5.92 Å². The summed E-state index contributed by atoms with van der Waals surface area (Å²) in [5, 5.41) is 10.6. The number of aromatic amines is 1. The van der Waals surface area contributed by atoms with Gasteiger partial charge < -0.3 is 19.7 Å². The van der Waals surface area contributed by atoms with Gasteiger partial charge in [-0.1, -0.05) is 6.07 Å². The number of amides is 2. The molecule has 2 aromatic rings. The van der Waals surface area contributed by atoms with Crippen molar-refractivity contribution in [3.8, 4) is 11.5 Å². The van der Waals surface area contributed by atoms with Crippen LogP contribution in [0.4, 0.5) is 0 Å². The van der Waals surface area contributed by atoms with E-state index in [9.17, 15) is 9.59 Å². The number of aryl methyl sites for hydroxylation is 1. The molecule has 2 fully saturated rings. The lowest BCUT2D eigenvalue weighted by atomic mass is 9.94. The lowest BCUT2D eigenvalue weighted by molar-refractivity contribution is -0.122. The molecule has 38 heavy (non-hydrogen) atoms. The molecule has 4 aliphatic rings. The average Bonchev–Trinajstić information content (AvgIpc) is 3.66. The fourth-order valence-corrected chi connectivity index (χ4v) is 6.97. The largest absolute Gasteiger partial charge is 0.493 e. The Balaban J connectivity index is 1.24. The molecule has 3 atom stereocenters. The number of hydrogen-bond donors (Lipinski definition) is 2. The Hall–Kier alpha value is -3.07. The summed E-state index contributed by atoms with van der Waals surface area (Å²) in [7, 11) is 1.68. The molecule has 204 valence electrons. The molecular formula is C29H39N5O4. The summed E-state index contributed by atoms with van der Waals surface area (Å²) in [6.45, 7) is 2.77. The summed E-state index contributed by atoms with van der Waals surface area (Å²) in [5.74, 6) is 1.66. The summed E-state index contributed by atoms with van der Waals surface area (Å²) >= 11 is 0. The van der Waals surface area contributed by atoms with E-state index < -0.39 is 0 Å². The Kier molecular flexibility index (Phi) is 7.28. The van der Waals surface area contributed by atoms with Crippen LogP contribution in [0.5, 0.6) is 11.5 Å². The minimum Gasteiger partial charge on any atom is -0.493 e. The van der Waals surface area contributed by atoms with Crippen LogP contribution in [0.1, 0.15) is 78.3 Å². The molecule has 0 spiro atoms. The van der Waals surface area contributed by atoms with Crippen molar-refractivity contribution in [3.05, 3.63) is 40.7 Å². The smallest absolute Gasteiger partial charge is 0.275 e. The normalized spacial score (nSPS) is 26.3. The molecule has 0 radical (unpaired) electrons. The fourth-order valence-electron chi connectivity index (χ4n) is 6.97. The van der Waals surface area contributed by atoms with Crippen LogP contribution in [0.15, 0.2) is 18.2 Å². The number of rotatable bonds is 2. The number of fused-ring (bicyclic) bond motifs is 9. The molecule has 3 aliphatic heterocycles. The van der Waals surface area contributed by atoms with Gasteiger partial charge >= 0.3 is 0 Å². The van der Waals surface area contributed by atoms with Gasteiger partial charge in [-0.15, -0.1) is 0 Å². The number of hydrogen-bond acceptors (Lipinski definition) is 6. The van der Waals surface area contributed by atoms with Gasteiger partial charge in [-0.3, -0.25) is 19.6 Å². The Morgan fingerprint density at radius 2 is 2.03 bits per heavy atom. The third kappa shape index (κ3) is 4.88. The molecule has 1 aromatic heterocycles. The van der Waals surface area contributed by atoms with Crippen molar-refractivity contribution in [3.63, 3.8) is 0 Å². The van der Waals surface area contributed by atoms with Gasteiger partial charge in [0.2, 0.25) is 5.91 Å². The average molecular weight is 522 g/mol. The standard InChI is InChI=1S/C29H39N5O4/c1-37-25-11-10-19-16-26(25)38-14-5-4-12-33(29(36)28-21-7-2-3-8-22(21)31-32-28)18-27(35)30-17-20-15-24(19)34-13-6-9-23(20)34/h10-11,16,20,23-24H,2-9,12-15,17-18H2,1H3,(H,30,35)(H,31,32)/t20-,23+,24-/m1/s1. The van der Waals surface area contributed by atoms with Gasteiger partial charge in [-0.2, -0.15) is 5.10 Å². The van der Waals surface area contributed by atoms with E-state index in [-0.39, 0.29) is 18.4 Å². The molecule has 4 bridgehead atoms. The maximum atomic E-state index is 13.6. The van der Waals surface area contributed by atoms with Crippen molar-refractivity contribution < 1.29 is 19.1 Å². The monoisotopic (exact) mass is 521 g/mol. The van der Waals surface area contributed by atoms with Gasteiger partial charge in [0.05, 0.1) is 20.3 Å². The van der Waals surface area contributed by atoms with Crippen LogP contribution in [0, 0.1) is 5.92 Å². The predicted octanol–water partition coefficient (Wildman–Crippen LogP) is 3.25. The molecule has 0 saturated carbocycles. The van der Waals surface area contributed by atoms with Crippen LogP contribution in [-0.4, -0.2) is 77.7 Å². The Bertz CT molecular complexity index is 1180. The van der Waals surface area contributed by atoms with Crippen molar-refractivity contribution in [2.75, 3.05) is 39.9 Å². The van der Waals surface area contributed by atoms with E-state index in [0.717, 1.165) is 80.7 Å². The van der Waals surface area contributed by atoms with E-state index in [1.807, 2.05) is 6.07 Å². The molecule has 2 saturated heterocycles. The maximum absolute atomic E-state index is 13.6. The molecule has 9 heteroatoms. The van der Waals surface area contributed by atoms with Crippen molar-refractivity contribution in [1.82, 2.24) is 25.3 Å². The lowest BCUT2D eigenvalue weighted by Crippen LogP contribution is -2.43. The summed E-state index contributed by atoms with van der Waals surface area (Å²) in [6, 6.07) is 7.10. The zero-order chi connectivity index (χ0) is 26.1. The highest BCUT2D eigenvalue weighted by Gasteiger charge is 2.44. The first-order chi connectivity index (χ1) is 18.6. The first kappa shape index (κ1) is 25.2. The molecule has 0 unspecified atom stereocenters. The number of H-pyrrole nitrogens is 1. The lowest BCUT2D eigenvalue weighted by Gasteiger charge is -2.25. The highest BCUT2D eigenvalue weighted by Crippen LogP contribution is 2.46. The van der Waals surface area contributed by atoms with Crippen molar-refractivity contribution in [2.45, 2.75) is 69.9 Å². The van der Waals surface area contributed by atoms with E-state index in [4.69, 9.17) is 9.47 Å². The van der Waals surface area contributed by atoms with E-state index in [2.05, 4.69) is 32.5 Å². The number of aromatic nitrogens is 2. The van der Waals surface area contributed by atoms with Gasteiger partial charge in [0, 0.05) is 36.4 Å². The summed E-state index contributed by atoms with van der Waals surface area (Å²) < 4.78 is 11.8. The number of nitrogens with zero attached hydrogens (tertiary/aromatic N) is 3. The quantitative estimate of drug-likeness (QED) is 0.630. The summed E-state index contributed by atoms with van der Waals surface area (Å²) in [6.07, 6.45) is 8.80. The second-order valence-electron chi connectivity index (χ2n) is 11.2. The zero-order valence-corrected chi connectivity index (χ0v) is 22.3. The second kappa shape index (κ2) is 11.0. The van der Waals surface area contributed by atoms with E-state index in [1.54, 1.807) is 12.0 Å². The number of ether oxygens (including phenoxy) is 2. The third-order valence-electron chi connectivity index (χ3n) is 8.91. The molecule has 2 N–H and O–H groups in total. The first-order valence-corrected chi connectivity index (χ1v) is 14.3. The van der Waals surface area contributed by atoms with Crippen LogP contribution in [0.2, 0.25) is 0 Å². The van der Waals surface area contributed by atoms with Crippen LogP contribution >= 0.6 is 0 Å². The van der Waals surface area contributed by atoms with Crippen LogP contribution in [-0.2, 0) is 17.6 Å². The topological polar surface area (TPSA) is 99.8 Å². The molecule has 9 nitrogen and oxygen atoms in total. The molecule has 6 rings (SSSR count). The first-order valence-electron chi connectivity index (χ1n) is 14.3. The highest BCUT2D eigenvalue weighted by molar-refractivity contribution is 5.96. The minimum atomic E-state index is -0.154. The Morgan fingerprint density at radius 1 is 1.13 bits per heavy atom. The van der Waals surface area contributed by atoms with Gasteiger partial charge in [-0.05, 0) is 87.9 Å². The molecule has 1 aliphatic carbocycles. The predicted molar refractivity (Wildman–Crippen MR) is 142 cm³/mol. The van der Waals surface area contributed by atoms with E-state index in [1.165, 1.54) is 12.0 Å². The van der Waals surface area contributed by atoms with Crippen LogP contribution in [0.25, 0.3) is 0 Å². The second-order valence-corrected chi connectivity index (χ2v) is 11.2. The number of methoxy groups -OCH3 is 1. The number of benzene rings is 1. The van der Waals surface area contributed by atoms with Gasteiger partial charge in [-0.25, -0.2) is 0 Å². The fraction of sp³-hybridized carbons (Fsp3) is 0.621. The minimum absolute atomic E-state index is 0.0543. The van der Waals surface area contributed by atoms with Crippen molar-refractivity contribution in [1.29, 1.82) is 0 Å². The van der Waals surface area contributed by atoms with Gasteiger partial charge in [0.15, 0.2) is 17.2 Å². The molecular weight excluding hydrogens is 482 g/mol. The Morgan fingerprint density at radius 3 is 2.92 bits per heavy atom. The third-order valence-corrected chi connectivity index (χ3v) is 8.91. The molecule has 4 heterocycles. The van der Waals surface area contributed by atoms with Gasteiger partial charge in [0.25, 0.3) is 5.91 Å². The number of carbonyl (C=O) groups excluding carboxylic acids is 2. The SMILES string of the molecule is COc1ccc2cc1OCCCCN(C(=O)c1n[nH]c3c1CCCC3)CC(=O)NC[C@H]1C[C@H]2N2CCC[C@@H]12. The Labute approximate surface area is 224 Å². The van der Waals surface area contributed by atoms with Crippen molar-refractivity contribution >= 4 is 11.8 Å². The zero-order valence-electron chi connectivity index (χ0n) is 22.3. The number of nitrogens with one attached hydrogen (secondary N) is 2. The number of carbonyl (C=O) groups is 2. The molecule has 1 aromatic carbocycles. The summed E-state index contributed by atoms with van der Waals surface area (Å²) in [4.78, 5) is 31.0. The van der Waals surface area contributed by atoms with Crippen LogP contribution < -0.4 is 14.8 Å². The molecule has 2 amide bonds. The van der Waals surface area contributed by atoms with E-state index >= 15 is 0 Å². The maximum Gasteiger partial charge on any atom is 0.275 e. The van der Waals surface area contributed by atoms with Gasteiger partial charge in [0.1, 0.15) is 0 Å².